The van der Waals surface area contributed by atoms with Crippen LogP contribution in [0.1, 0.15) is 10.4 Å². The molecule has 5 nitrogen and oxygen atoms in total. The van der Waals surface area contributed by atoms with E-state index in [-0.39, 0.29) is 17.1 Å². The normalized spacial score (nSPS) is 9.88. The molecule has 0 aromatic heterocycles. The van der Waals surface area contributed by atoms with Gasteiger partial charge in [-0.1, -0.05) is 17.7 Å². The Labute approximate surface area is 97.4 Å². The fraction of sp³-hybridized carbons (Fsp3) is 0.200. The molecule has 0 saturated carbocycles. The summed E-state index contributed by atoms with van der Waals surface area (Å²) < 4.78 is 0. The number of hydrogen-bond donors (Lipinski definition) is 2. The molecule has 0 radical (unpaired) electrons. The number of carbonyl (C=O) groups is 2. The van der Waals surface area contributed by atoms with E-state index in [1.54, 1.807) is 19.2 Å². The van der Waals surface area contributed by atoms with Gasteiger partial charge in [-0.3, -0.25) is 9.59 Å². The molecule has 0 saturated heterocycles. The number of nitrogens with zero attached hydrogens (tertiary/aromatic N) is 1. The molecular formula is C10H11ClN2O3. The molecule has 0 spiro atoms. The first-order chi connectivity index (χ1) is 7.43. The quantitative estimate of drug-likeness (QED) is 0.824. The minimum Gasteiger partial charge on any atom is -0.480 e. The van der Waals surface area contributed by atoms with Crippen molar-refractivity contribution in [2.45, 2.75) is 0 Å². The van der Waals surface area contributed by atoms with Gasteiger partial charge >= 0.3 is 5.97 Å². The third-order valence-electron chi connectivity index (χ3n) is 2.02. The Bertz CT molecular complexity index is 434. The smallest absolute Gasteiger partial charge is 0.323 e. The summed E-state index contributed by atoms with van der Waals surface area (Å²) in [6, 6.07) is 4.75. The second-order valence-corrected chi connectivity index (χ2v) is 3.66. The molecule has 6 heteroatoms. The lowest BCUT2D eigenvalue weighted by Crippen LogP contribution is -2.28. The summed E-state index contributed by atoms with van der Waals surface area (Å²) in [5.74, 6) is -1.68. The van der Waals surface area contributed by atoms with E-state index in [0.29, 0.717) is 5.69 Å². The average Bonchev–Trinajstić information content (AvgIpc) is 2.15. The Morgan fingerprint density at radius 2 is 2.12 bits per heavy atom. The topological polar surface area (TPSA) is 83.6 Å². The number of hydrogen-bond acceptors (Lipinski definition) is 3. The molecule has 0 fully saturated rings. The van der Waals surface area contributed by atoms with Gasteiger partial charge in [-0.15, -0.1) is 0 Å². The summed E-state index contributed by atoms with van der Waals surface area (Å²) in [4.78, 5) is 23.2. The summed E-state index contributed by atoms with van der Waals surface area (Å²) in [5, 5.41) is 8.86. The number of carbonyl (C=O) groups excluding carboxylic acids is 1. The molecular weight excluding hydrogens is 232 g/mol. The van der Waals surface area contributed by atoms with E-state index >= 15 is 0 Å². The first-order valence-electron chi connectivity index (χ1n) is 4.44. The molecule has 86 valence electrons. The van der Waals surface area contributed by atoms with E-state index < -0.39 is 11.9 Å². The highest BCUT2D eigenvalue weighted by atomic mass is 35.5. The van der Waals surface area contributed by atoms with Crippen LogP contribution in [0, 0.1) is 0 Å². The number of primary amides is 1. The summed E-state index contributed by atoms with van der Waals surface area (Å²) in [7, 11) is 1.55. The fourth-order valence-electron chi connectivity index (χ4n) is 1.36. The van der Waals surface area contributed by atoms with Crippen molar-refractivity contribution in [2.24, 2.45) is 5.73 Å². The Balaban J connectivity index is 3.17. The van der Waals surface area contributed by atoms with E-state index in [1.165, 1.54) is 11.0 Å². The van der Waals surface area contributed by atoms with Gasteiger partial charge in [0, 0.05) is 7.05 Å². The molecule has 1 rings (SSSR count). The van der Waals surface area contributed by atoms with Crippen molar-refractivity contribution in [3.63, 3.8) is 0 Å². The zero-order valence-electron chi connectivity index (χ0n) is 8.61. The number of anilines is 1. The van der Waals surface area contributed by atoms with Crippen LogP contribution < -0.4 is 10.6 Å². The van der Waals surface area contributed by atoms with Gasteiger partial charge in [-0.05, 0) is 12.1 Å². The maximum absolute atomic E-state index is 11.2. The number of carboxylic acids is 1. The van der Waals surface area contributed by atoms with E-state index in [9.17, 15) is 9.59 Å². The number of aliphatic carboxylic acids is 1. The molecule has 0 aliphatic rings. The van der Waals surface area contributed by atoms with E-state index in [1.807, 2.05) is 0 Å². The predicted octanol–water partition coefficient (Wildman–Crippen LogP) is 0.960. The molecule has 0 heterocycles. The molecule has 16 heavy (non-hydrogen) atoms. The third kappa shape index (κ3) is 2.64. The zero-order valence-corrected chi connectivity index (χ0v) is 9.36. The van der Waals surface area contributed by atoms with Crippen LogP contribution in [0.4, 0.5) is 5.69 Å². The van der Waals surface area contributed by atoms with Crippen LogP contribution in [0.2, 0.25) is 5.02 Å². The average molecular weight is 243 g/mol. The first kappa shape index (κ1) is 12.3. The van der Waals surface area contributed by atoms with Crippen LogP contribution in [0.25, 0.3) is 0 Å². The first-order valence-corrected chi connectivity index (χ1v) is 4.82. The molecule has 0 aliphatic heterocycles. The van der Waals surface area contributed by atoms with Crippen LogP contribution in [-0.2, 0) is 4.79 Å². The van der Waals surface area contributed by atoms with Gasteiger partial charge in [0.25, 0.3) is 5.91 Å². The second kappa shape index (κ2) is 4.85. The monoisotopic (exact) mass is 242 g/mol. The molecule has 1 aromatic carbocycles. The van der Waals surface area contributed by atoms with E-state index in [4.69, 9.17) is 22.4 Å². The standard InChI is InChI=1S/C10H11ClN2O3/c1-13(5-8(14)15)7-4-2-3-6(11)9(7)10(12)16/h2-4H,5H2,1H3,(H2,12,16)(H,14,15). The van der Waals surface area contributed by atoms with E-state index in [0.717, 1.165) is 0 Å². The van der Waals surface area contributed by atoms with Gasteiger partial charge in [-0.2, -0.15) is 0 Å². The van der Waals surface area contributed by atoms with Gasteiger partial charge in [0.05, 0.1) is 16.3 Å². The molecule has 0 aliphatic carbocycles. The molecule has 3 N–H and O–H groups in total. The van der Waals surface area contributed by atoms with Crippen molar-refractivity contribution in [2.75, 3.05) is 18.5 Å². The lowest BCUT2D eigenvalue weighted by Gasteiger charge is -2.19. The second-order valence-electron chi connectivity index (χ2n) is 3.25. The van der Waals surface area contributed by atoms with Crippen molar-refractivity contribution in [1.82, 2.24) is 0 Å². The van der Waals surface area contributed by atoms with E-state index in [2.05, 4.69) is 0 Å². The lowest BCUT2D eigenvalue weighted by molar-refractivity contribution is -0.135. The van der Waals surface area contributed by atoms with Crippen molar-refractivity contribution in [3.05, 3.63) is 28.8 Å². The highest BCUT2D eigenvalue weighted by Gasteiger charge is 2.16. The van der Waals surface area contributed by atoms with Crippen LogP contribution in [0.15, 0.2) is 18.2 Å². The molecule has 1 amide bonds. The largest absolute Gasteiger partial charge is 0.480 e. The van der Waals surface area contributed by atoms with Crippen LogP contribution >= 0.6 is 11.6 Å². The number of amides is 1. The van der Waals surface area contributed by atoms with Crippen LogP contribution in [0.5, 0.6) is 0 Å². The van der Waals surface area contributed by atoms with Gasteiger partial charge in [0.1, 0.15) is 6.54 Å². The summed E-state index contributed by atoms with van der Waals surface area (Å²) in [5.41, 5.74) is 5.72. The Morgan fingerprint density at radius 1 is 1.50 bits per heavy atom. The molecule has 0 bridgehead atoms. The Kier molecular flexibility index (Phi) is 3.73. The SMILES string of the molecule is CN(CC(=O)O)c1cccc(Cl)c1C(N)=O. The summed E-state index contributed by atoms with van der Waals surface area (Å²) in [6.07, 6.45) is 0. The fourth-order valence-corrected chi connectivity index (χ4v) is 1.63. The van der Waals surface area contributed by atoms with Crippen LogP contribution in [0.3, 0.4) is 0 Å². The summed E-state index contributed by atoms with van der Waals surface area (Å²) >= 11 is 5.83. The van der Waals surface area contributed by atoms with Crippen molar-refractivity contribution in [3.8, 4) is 0 Å². The van der Waals surface area contributed by atoms with Crippen molar-refractivity contribution < 1.29 is 14.7 Å². The Hall–Kier alpha value is -1.75. The van der Waals surface area contributed by atoms with Crippen molar-refractivity contribution in [1.29, 1.82) is 0 Å². The number of carboxylic acid groups (broad SMARTS) is 1. The molecule has 0 unspecified atom stereocenters. The minimum absolute atomic E-state index is 0.132. The minimum atomic E-state index is -1.00. The maximum atomic E-state index is 11.2. The molecule has 1 aromatic rings. The maximum Gasteiger partial charge on any atom is 0.323 e. The predicted molar refractivity (Wildman–Crippen MR) is 60.9 cm³/mol. The third-order valence-corrected chi connectivity index (χ3v) is 2.34. The number of nitrogens with two attached hydrogens (primary N) is 1. The lowest BCUT2D eigenvalue weighted by atomic mass is 10.1. The number of likely N-dealkylation sites (N-methyl/N-ethyl adjacent to an activating group) is 1. The van der Waals surface area contributed by atoms with Gasteiger partial charge in [0.2, 0.25) is 0 Å². The number of benzene rings is 1. The Morgan fingerprint density at radius 3 is 2.62 bits per heavy atom. The highest BCUT2D eigenvalue weighted by Crippen LogP contribution is 2.26. The van der Waals surface area contributed by atoms with Crippen molar-refractivity contribution >= 4 is 29.2 Å². The van der Waals surface area contributed by atoms with Gasteiger partial charge in [0.15, 0.2) is 0 Å². The zero-order chi connectivity index (χ0) is 12.3. The molecule has 0 atom stereocenters. The van der Waals surface area contributed by atoms with Crippen LogP contribution in [-0.4, -0.2) is 30.6 Å². The van der Waals surface area contributed by atoms with Gasteiger partial charge < -0.3 is 15.7 Å². The number of rotatable bonds is 4. The summed E-state index contributed by atoms with van der Waals surface area (Å²) in [6.45, 7) is -0.235. The van der Waals surface area contributed by atoms with Gasteiger partial charge in [-0.25, -0.2) is 0 Å². The number of halogens is 1. The highest BCUT2D eigenvalue weighted by molar-refractivity contribution is 6.34.